The van der Waals surface area contributed by atoms with Crippen molar-refractivity contribution in [3.8, 4) is 0 Å². The number of halogens is 1. The Morgan fingerprint density at radius 1 is 1.31 bits per heavy atom. The van der Waals surface area contributed by atoms with E-state index in [9.17, 15) is 24.2 Å². The normalized spacial score (nSPS) is 12.9. The molecule has 0 aliphatic heterocycles. The molecule has 7 nitrogen and oxygen atoms in total. The summed E-state index contributed by atoms with van der Waals surface area (Å²) in [6.07, 6.45) is 0.986. The SMILES string of the molecule is CC(C)(CO)[C@H](NC(=O)c1nn(CCCCF)c2ccccc12)C(=O)O. The Balaban J connectivity index is 2.33. The lowest BCUT2D eigenvalue weighted by molar-refractivity contribution is -0.143. The molecular weight excluding hydrogens is 341 g/mol. The highest BCUT2D eigenvalue weighted by atomic mass is 19.1. The number of aliphatic carboxylic acids is 1. The van der Waals surface area contributed by atoms with E-state index in [1.54, 1.807) is 36.7 Å². The number of aromatic nitrogens is 2. The van der Waals surface area contributed by atoms with Crippen molar-refractivity contribution in [3.63, 3.8) is 0 Å². The molecule has 1 amide bonds. The number of aliphatic hydroxyl groups excluding tert-OH is 1. The molecule has 0 unspecified atom stereocenters. The molecule has 26 heavy (non-hydrogen) atoms. The van der Waals surface area contributed by atoms with Gasteiger partial charge in [-0.25, -0.2) is 4.79 Å². The molecule has 1 heterocycles. The summed E-state index contributed by atoms with van der Waals surface area (Å²) in [6.45, 7) is 2.76. The molecule has 0 fully saturated rings. The third-order valence-electron chi connectivity index (χ3n) is 4.34. The van der Waals surface area contributed by atoms with Gasteiger partial charge in [0.2, 0.25) is 0 Å². The summed E-state index contributed by atoms with van der Waals surface area (Å²) in [5, 5.41) is 26.2. The Kier molecular flexibility index (Phi) is 6.31. The van der Waals surface area contributed by atoms with Gasteiger partial charge in [0.15, 0.2) is 5.69 Å². The van der Waals surface area contributed by atoms with Crippen LogP contribution in [0.15, 0.2) is 24.3 Å². The van der Waals surface area contributed by atoms with E-state index in [1.165, 1.54) is 0 Å². The number of para-hydroxylation sites is 1. The van der Waals surface area contributed by atoms with Crippen LogP contribution in [0.2, 0.25) is 0 Å². The van der Waals surface area contributed by atoms with Crippen molar-refractivity contribution in [1.29, 1.82) is 0 Å². The standard InChI is InChI=1S/C18H24FN3O4/c1-18(2,11-23)15(17(25)26)20-16(24)14-12-7-3-4-8-13(12)22(21-14)10-6-5-9-19/h3-4,7-8,15,23H,5-6,9-11H2,1-2H3,(H,20,24)(H,25,26)/t15-/m1/s1. The van der Waals surface area contributed by atoms with Gasteiger partial charge in [0.25, 0.3) is 5.91 Å². The molecule has 1 atom stereocenters. The van der Waals surface area contributed by atoms with Crippen LogP contribution in [0.4, 0.5) is 4.39 Å². The van der Waals surface area contributed by atoms with Gasteiger partial charge in [-0.05, 0) is 18.9 Å². The molecule has 0 aliphatic rings. The van der Waals surface area contributed by atoms with E-state index >= 15 is 0 Å². The number of carbonyl (C=O) groups excluding carboxylic acids is 1. The first kappa shape index (κ1) is 19.8. The number of aliphatic hydroxyl groups is 1. The molecule has 0 saturated heterocycles. The van der Waals surface area contributed by atoms with Gasteiger partial charge in [0.1, 0.15) is 6.04 Å². The van der Waals surface area contributed by atoms with Gasteiger partial charge in [-0.15, -0.1) is 0 Å². The van der Waals surface area contributed by atoms with Crippen LogP contribution in [0.25, 0.3) is 10.9 Å². The number of alkyl halides is 1. The molecule has 0 bridgehead atoms. The van der Waals surface area contributed by atoms with Crippen LogP contribution < -0.4 is 5.32 Å². The van der Waals surface area contributed by atoms with Gasteiger partial charge >= 0.3 is 5.97 Å². The zero-order valence-electron chi connectivity index (χ0n) is 14.9. The summed E-state index contributed by atoms with van der Waals surface area (Å²) in [6, 6.07) is 5.85. The lowest BCUT2D eigenvalue weighted by Gasteiger charge is -2.29. The van der Waals surface area contributed by atoms with Crippen LogP contribution in [0.3, 0.4) is 0 Å². The second kappa shape index (κ2) is 8.27. The van der Waals surface area contributed by atoms with Crippen molar-refractivity contribution in [2.24, 2.45) is 5.41 Å². The molecule has 8 heteroatoms. The van der Waals surface area contributed by atoms with E-state index in [0.29, 0.717) is 24.8 Å². The van der Waals surface area contributed by atoms with Gasteiger partial charge in [-0.2, -0.15) is 5.10 Å². The number of benzene rings is 1. The van der Waals surface area contributed by atoms with E-state index in [-0.39, 0.29) is 5.69 Å². The van der Waals surface area contributed by atoms with Gasteiger partial charge in [-0.3, -0.25) is 13.9 Å². The van der Waals surface area contributed by atoms with Gasteiger partial charge in [0.05, 0.1) is 18.8 Å². The minimum Gasteiger partial charge on any atom is -0.480 e. The van der Waals surface area contributed by atoms with Gasteiger partial charge in [0, 0.05) is 17.3 Å². The Bertz CT molecular complexity index is 788. The number of nitrogens with zero attached hydrogens (tertiary/aromatic N) is 2. The van der Waals surface area contributed by atoms with Crippen molar-refractivity contribution in [3.05, 3.63) is 30.0 Å². The molecule has 0 aliphatic carbocycles. The number of aryl methyl sites for hydroxylation is 1. The van der Waals surface area contributed by atoms with Crippen LogP contribution in [0, 0.1) is 5.41 Å². The lowest BCUT2D eigenvalue weighted by Crippen LogP contribution is -2.51. The third-order valence-corrected chi connectivity index (χ3v) is 4.34. The first-order valence-electron chi connectivity index (χ1n) is 8.48. The van der Waals surface area contributed by atoms with E-state index in [1.807, 2.05) is 6.07 Å². The first-order chi connectivity index (χ1) is 12.3. The Morgan fingerprint density at radius 3 is 2.62 bits per heavy atom. The number of hydrogen-bond donors (Lipinski definition) is 3. The summed E-state index contributed by atoms with van der Waals surface area (Å²) >= 11 is 0. The molecule has 0 saturated carbocycles. The fourth-order valence-corrected chi connectivity index (χ4v) is 2.70. The average Bonchev–Trinajstić information content (AvgIpc) is 2.98. The maximum atomic E-state index is 12.7. The smallest absolute Gasteiger partial charge is 0.326 e. The first-order valence-corrected chi connectivity index (χ1v) is 8.48. The van der Waals surface area contributed by atoms with Gasteiger partial charge in [-0.1, -0.05) is 32.0 Å². The second-order valence-corrected chi connectivity index (χ2v) is 6.88. The highest BCUT2D eigenvalue weighted by Crippen LogP contribution is 2.23. The highest BCUT2D eigenvalue weighted by molar-refractivity contribution is 6.06. The van der Waals surface area contributed by atoms with Crippen molar-refractivity contribution in [1.82, 2.24) is 15.1 Å². The fourth-order valence-electron chi connectivity index (χ4n) is 2.70. The lowest BCUT2D eigenvalue weighted by atomic mass is 9.85. The number of carboxylic acid groups (broad SMARTS) is 1. The Labute approximate surface area is 150 Å². The highest BCUT2D eigenvalue weighted by Gasteiger charge is 2.37. The molecule has 1 aromatic carbocycles. The van der Waals surface area contributed by atoms with Crippen LogP contribution in [-0.4, -0.2) is 51.2 Å². The zero-order chi connectivity index (χ0) is 19.3. The molecule has 3 N–H and O–H groups in total. The maximum absolute atomic E-state index is 12.7. The molecule has 2 aromatic rings. The fraction of sp³-hybridized carbons (Fsp3) is 0.500. The number of hydrogen-bond acceptors (Lipinski definition) is 4. The number of carboxylic acids is 1. The topological polar surface area (TPSA) is 104 Å². The number of rotatable bonds is 9. The summed E-state index contributed by atoms with van der Waals surface area (Å²) in [4.78, 5) is 24.2. The molecule has 142 valence electrons. The monoisotopic (exact) mass is 365 g/mol. The molecular formula is C18H24FN3O4. The largest absolute Gasteiger partial charge is 0.480 e. The second-order valence-electron chi connectivity index (χ2n) is 6.88. The van der Waals surface area contributed by atoms with Crippen LogP contribution in [0.5, 0.6) is 0 Å². The summed E-state index contributed by atoms with van der Waals surface area (Å²) < 4.78 is 14.0. The molecule has 0 radical (unpaired) electrons. The predicted molar refractivity (Wildman–Crippen MR) is 94.7 cm³/mol. The van der Waals surface area contributed by atoms with E-state index in [4.69, 9.17) is 0 Å². The maximum Gasteiger partial charge on any atom is 0.326 e. The summed E-state index contributed by atoms with van der Waals surface area (Å²) in [5.74, 6) is -1.86. The number of nitrogens with one attached hydrogen (secondary N) is 1. The van der Waals surface area contributed by atoms with Crippen molar-refractivity contribution >= 4 is 22.8 Å². The molecule has 1 aromatic heterocycles. The van der Waals surface area contributed by atoms with E-state index in [2.05, 4.69) is 10.4 Å². The van der Waals surface area contributed by atoms with Crippen molar-refractivity contribution in [2.45, 2.75) is 39.3 Å². The number of fused-ring (bicyclic) bond motifs is 1. The minimum atomic E-state index is -1.27. The van der Waals surface area contributed by atoms with Crippen LogP contribution >= 0.6 is 0 Å². The average molecular weight is 365 g/mol. The van der Waals surface area contributed by atoms with Crippen molar-refractivity contribution < 1.29 is 24.2 Å². The quantitative estimate of drug-likeness (QED) is 0.590. The predicted octanol–water partition coefficient (Wildman–Crippen LogP) is 1.99. The van der Waals surface area contributed by atoms with Crippen LogP contribution in [-0.2, 0) is 11.3 Å². The van der Waals surface area contributed by atoms with E-state index < -0.39 is 36.6 Å². The number of amides is 1. The zero-order valence-corrected chi connectivity index (χ0v) is 14.9. The number of unbranched alkanes of at least 4 members (excludes halogenated alkanes) is 1. The molecule has 0 spiro atoms. The third kappa shape index (κ3) is 4.19. The van der Waals surface area contributed by atoms with Crippen LogP contribution in [0.1, 0.15) is 37.2 Å². The Hall–Kier alpha value is -2.48. The minimum absolute atomic E-state index is 0.112. The molecule has 2 rings (SSSR count). The van der Waals surface area contributed by atoms with E-state index in [0.717, 1.165) is 5.52 Å². The Morgan fingerprint density at radius 2 is 2.00 bits per heavy atom. The summed E-state index contributed by atoms with van der Waals surface area (Å²) in [7, 11) is 0. The number of carbonyl (C=O) groups is 2. The summed E-state index contributed by atoms with van der Waals surface area (Å²) in [5.41, 5.74) is -0.202. The van der Waals surface area contributed by atoms with Gasteiger partial charge < -0.3 is 15.5 Å². The van der Waals surface area contributed by atoms with Crippen molar-refractivity contribution in [2.75, 3.05) is 13.3 Å².